The summed E-state index contributed by atoms with van der Waals surface area (Å²) < 4.78 is 0. The van der Waals surface area contributed by atoms with Crippen LogP contribution in [0.3, 0.4) is 0 Å². The van der Waals surface area contributed by atoms with Gasteiger partial charge < -0.3 is 10.4 Å². The number of ketones is 3. The summed E-state index contributed by atoms with van der Waals surface area (Å²) in [6.45, 7) is 11.7. The van der Waals surface area contributed by atoms with Crippen molar-refractivity contribution in [3.8, 4) is 0 Å². The Balaban J connectivity index is 2.22. The highest BCUT2D eigenvalue weighted by Gasteiger charge is 2.41. The van der Waals surface area contributed by atoms with Crippen LogP contribution in [-0.4, -0.2) is 65.2 Å². The zero-order chi connectivity index (χ0) is 21.1. The molecule has 2 atom stereocenters. The lowest BCUT2D eigenvalue weighted by molar-refractivity contribution is -0.136. The molecule has 2 aliphatic rings. The first-order valence-electron chi connectivity index (χ1n) is 10.3. The maximum absolute atomic E-state index is 12.9. The Hall–Kier alpha value is -1.63. The molecule has 0 spiro atoms. The average Bonchev–Trinajstić information content (AvgIpc) is 2.65. The number of aliphatic hydroxyl groups is 1. The summed E-state index contributed by atoms with van der Waals surface area (Å²) in [6.07, 6.45) is 1.70. The lowest BCUT2D eigenvalue weighted by atomic mass is 9.79. The summed E-state index contributed by atoms with van der Waals surface area (Å²) in [7, 11) is 0. The minimum Gasteiger partial charge on any atom is -0.388 e. The maximum atomic E-state index is 12.9. The SMILES string of the molecule is CCCC(=O)C(N1CCNCC1)C(C)(O)CCC1=C(C)C(=O)C(C)=C(C)C1=O. The highest BCUT2D eigenvalue weighted by molar-refractivity contribution is 6.24. The van der Waals surface area contributed by atoms with Crippen LogP contribution in [0.2, 0.25) is 0 Å². The predicted octanol–water partition coefficient (Wildman–Crippen LogP) is 1.97. The van der Waals surface area contributed by atoms with Gasteiger partial charge in [-0.1, -0.05) is 6.92 Å². The molecule has 1 heterocycles. The van der Waals surface area contributed by atoms with E-state index >= 15 is 0 Å². The van der Waals surface area contributed by atoms with E-state index in [1.165, 1.54) is 0 Å². The third kappa shape index (κ3) is 4.67. The fourth-order valence-corrected chi connectivity index (χ4v) is 4.24. The Morgan fingerprint density at radius 2 is 1.68 bits per heavy atom. The monoisotopic (exact) mass is 390 g/mol. The number of carbonyl (C=O) groups is 3. The van der Waals surface area contributed by atoms with E-state index in [0.29, 0.717) is 41.8 Å². The van der Waals surface area contributed by atoms with Crippen LogP contribution in [0.1, 0.15) is 60.3 Å². The second-order valence-corrected chi connectivity index (χ2v) is 8.27. The van der Waals surface area contributed by atoms with Gasteiger partial charge in [-0.25, -0.2) is 0 Å². The van der Waals surface area contributed by atoms with E-state index in [4.69, 9.17) is 0 Å². The molecule has 0 saturated carbocycles. The van der Waals surface area contributed by atoms with Crippen LogP contribution < -0.4 is 5.32 Å². The second kappa shape index (κ2) is 9.25. The van der Waals surface area contributed by atoms with Crippen molar-refractivity contribution in [3.63, 3.8) is 0 Å². The van der Waals surface area contributed by atoms with Gasteiger partial charge in [0.15, 0.2) is 17.3 Å². The van der Waals surface area contributed by atoms with Crippen LogP contribution >= 0.6 is 0 Å². The second-order valence-electron chi connectivity index (χ2n) is 8.27. The van der Waals surface area contributed by atoms with E-state index in [0.717, 1.165) is 19.5 Å². The van der Waals surface area contributed by atoms with Gasteiger partial charge in [0.25, 0.3) is 0 Å². The molecule has 6 heteroatoms. The first-order chi connectivity index (χ1) is 13.1. The molecule has 0 aromatic heterocycles. The van der Waals surface area contributed by atoms with Crippen molar-refractivity contribution in [2.24, 2.45) is 0 Å². The summed E-state index contributed by atoms with van der Waals surface area (Å²) in [5, 5.41) is 14.6. The standard InChI is InChI=1S/C22H34N2O4/c1-6-7-18(25)21(24-12-10-23-11-13-24)22(5,28)9-8-17-16(4)19(26)14(2)15(3)20(17)27/h21,23,28H,6-13H2,1-5H3. The van der Waals surface area contributed by atoms with E-state index in [9.17, 15) is 19.5 Å². The van der Waals surface area contributed by atoms with Crippen molar-refractivity contribution < 1.29 is 19.5 Å². The minimum atomic E-state index is -1.27. The zero-order valence-corrected chi connectivity index (χ0v) is 17.9. The van der Waals surface area contributed by atoms with E-state index in [-0.39, 0.29) is 30.2 Å². The van der Waals surface area contributed by atoms with Gasteiger partial charge in [-0.2, -0.15) is 0 Å². The Kier molecular flexibility index (Phi) is 7.48. The molecule has 0 aromatic carbocycles. The van der Waals surface area contributed by atoms with E-state index in [1.54, 1.807) is 27.7 Å². The molecular formula is C22H34N2O4. The summed E-state index contributed by atoms with van der Waals surface area (Å²) in [5.41, 5.74) is 0.628. The van der Waals surface area contributed by atoms with Crippen molar-refractivity contribution in [1.82, 2.24) is 10.2 Å². The van der Waals surface area contributed by atoms with E-state index in [1.807, 2.05) is 6.92 Å². The molecule has 2 unspecified atom stereocenters. The van der Waals surface area contributed by atoms with Crippen LogP contribution in [-0.2, 0) is 14.4 Å². The number of hydrogen-bond donors (Lipinski definition) is 2. The van der Waals surface area contributed by atoms with Gasteiger partial charge in [-0.05, 0) is 47.0 Å². The van der Waals surface area contributed by atoms with Crippen molar-refractivity contribution in [2.75, 3.05) is 26.2 Å². The smallest absolute Gasteiger partial charge is 0.185 e. The average molecular weight is 391 g/mol. The van der Waals surface area contributed by atoms with E-state index in [2.05, 4.69) is 10.2 Å². The van der Waals surface area contributed by atoms with Crippen LogP contribution in [0.15, 0.2) is 22.3 Å². The van der Waals surface area contributed by atoms with Gasteiger partial charge in [-0.15, -0.1) is 0 Å². The first-order valence-corrected chi connectivity index (χ1v) is 10.3. The van der Waals surface area contributed by atoms with Crippen LogP contribution in [0.25, 0.3) is 0 Å². The number of nitrogens with zero attached hydrogens (tertiary/aromatic N) is 1. The molecular weight excluding hydrogens is 356 g/mol. The quantitative estimate of drug-likeness (QED) is 0.616. The highest BCUT2D eigenvalue weighted by atomic mass is 16.3. The van der Waals surface area contributed by atoms with Gasteiger partial charge in [0.05, 0.1) is 11.6 Å². The number of nitrogens with one attached hydrogen (secondary N) is 1. The number of rotatable bonds is 8. The maximum Gasteiger partial charge on any atom is 0.185 e. The molecule has 156 valence electrons. The normalized spacial score (nSPS) is 22.5. The molecule has 1 aliphatic heterocycles. The summed E-state index contributed by atoms with van der Waals surface area (Å²) in [5.74, 6) is -0.186. The fourth-order valence-electron chi connectivity index (χ4n) is 4.24. The minimum absolute atomic E-state index is 0.0399. The molecule has 1 aliphatic carbocycles. The van der Waals surface area contributed by atoms with Crippen LogP contribution in [0.5, 0.6) is 0 Å². The first kappa shape index (κ1) is 22.7. The third-order valence-electron chi connectivity index (χ3n) is 6.10. The van der Waals surface area contributed by atoms with Gasteiger partial charge in [0.2, 0.25) is 0 Å². The summed E-state index contributed by atoms with van der Waals surface area (Å²) in [6, 6.07) is -0.594. The predicted molar refractivity (Wildman–Crippen MR) is 109 cm³/mol. The Morgan fingerprint density at radius 3 is 2.25 bits per heavy atom. The molecule has 0 radical (unpaired) electrons. The summed E-state index contributed by atoms with van der Waals surface area (Å²) in [4.78, 5) is 40.0. The van der Waals surface area contributed by atoms with Gasteiger partial charge in [0, 0.05) is 54.9 Å². The van der Waals surface area contributed by atoms with Crippen molar-refractivity contribution in [2.45, 2.75) is 71.9 Å². The molecule has 28 heavy (non-hydrogen) atoms. The molecule has 0 bridgehead atoms. The van der Waals surface area contributed by atoms with Crippen LogP contribution in [0, 0.1) is 0 Å². The Bertz CT molecular complexity index is 712. The molecule has 1 saturated heterocycles. The fraction of sp³-hybridized carbons (Fsp3) is 0.682. The van der Waals surface area contributed by atoms with Gasteiger partial charge in [0.1, 0.15) is 0 Å². The number of Topliss-reactive ketones (excluding diaryl/α,β-unsaturated/α-hetero) is 3. The molecule has 0 amide bonds. The number of hydrogen-bond acceptors (Lipinski definition) is 6. The Morgan fingerprint density at radius 1 is 1.11 bits per heavy atom. The number of piperazine rings is 1. The van der Waals surface area contributed by atoms with E-state index < -0.39 is 11.6 Å². The third-order valence-corrected chi connectivity index (χ3v) is 6.10. The lowest BCUT2D eigenvalue weighted by Gasteiger charge is -2.42. The van der Waals surface area contributed by atoms with Gasteiger partial charge >= 0.3 is 0 Å². The van der Waals surface area contributed by atoms with Crippen molar-refractivity contribution in [3.05, 3.63) is 22.3 Å². The van der Waals surface area contributed by atoms with Gasteiger partial charge in [-0.3, -0.25) is 19.3 Å². The zero-order valence-electron chi connectivity index (χ0n) is 17.9. The lowest BCUT2D eigenvalue weighted by Crippen LogP contribution is -2.60. The van der Waals surface area contributed by atoms with Crippen molar-refractivity contribution >= 4 is 17.3 Å². The summed E-state index contributed by atoms with van der Waals surface area (Å²) >= 11 is 0. The highest BCUT2D eigenvalue weighted by Crippen LogP contribution is 2.31. The number of carbonyl (C=O) groups excluding carboxylic acids is 3. The largest absolute Gasteiger partial charge is 0.388 e. The van der Waals surface area contributed by atoms with Crippen molar-refractivity contribution in [1.29, 1.82) is 0 Å². The Labute approximate surface area is 168 Å². The molecule has 2 rings (SSSR count). The topological polar surface area (TPSA) is 86.7 Å². The molecule has 2 N–H and O–H groups in total. The molecule has 0 aromatic rings. The molecule has 6 nitrogen and oxygen atoms in total. The number of allylic oxidation sites excluding steroid dienone is 4. The molecule has 1 fully saturated rings. The van der Waals surface area contributed by atoms with Crippen LogP contribution in [0.4, 0.5) is 0 Å².